The van der Waals surface area contributed by atoms with Gasteiger partial charge in [0, 0.05) is 25.7 Å². The van der Waals surface area contributed by atoms with Gasteiger partial charge < -0.3 is 10.6 Å². The number of benzene rings is 1. The van der Waals surface area contributed by atoms with Crippen molar-refractivity contribution >= 4 is 10.0 Å². The second kappa shape index (κ2) is 6.47. The van der Waals surface area contributed by atoms with Gasteiger partial charge in [0.1, 0.15) is 0 Å². The molecule has 0 amide bonds. The molecule has 3 N–H and O–H groups in total. The number of hydrogen-bond donors (Lipinski definition) is 3. The maximum atomic E-state index is 11.0. The highest BCUT2D eigenvalue weighted by molar-refractivity contribution is 7.88. The van der Waals surface area contributed by atoms with Gasteiger partial charge in [-0.05, 0) is 24.1 Å². The highest BCUT2D eigenvalue weighted by atomic mass is 32.2. The first-order chi connectivity index (χ1) is 9.06. The Bertz CT molecular complexity index is 516. The third-order valence-electron chi connectivity index (χ3n) is 3.24. The Morgan fingerprint density at radius 1 is 1.32 bits per heavy atom. The summed E-state index contributed by atoms with van der Waals surface area (Å²) in [5, 5.41) is 6.82. The molecule has 0 aromatic heterocycles. The van der Waals surface area contributed by atoms with Crippen LogP contribution in [-0.2, 0) is 16.6 Å². The first-order valence-corrected chi connectivity index (χ1v) is 8.42. The quantitative estimate of drug-likeness (QED) is 0.683. The molecule has 1 aromatic rings. The fraction of sp³-hybridized carbons (Fsp3) is 0.538. The molecule has 1 unspecified atom stereocenters. The van der Waals surface area contributed by atoms with Gasteiger partial charge in [0.25, 0.3) is 0 Å². The van der Waals surface area contributed by atoms with Crippen molar-refractivity contribution in [2.75, 3.05) is 25.9 Å². The minimum atomic E-state index is -3.10. The Kier molecular flexibility index (Phi) is 4.93. The zero-order valence-electron chi connectivity index (χ0n) is 11.1. The van der Waals surface area contributed by atoms with E-state index < -0.39 is 10.0 Å². The van der Waals surface area contributed by atoms with Gasteiger partial charge >= 0.3 is 0 Å². The molecule has 106 valence electrons. The van der Waals surface area contributed by atoms with Crippen LogP contribution in [0.15, 0.2) is 24.3 Å². The van der Waals surface area contributed by atoms with Gasteiger partial charge in [-0.25, -0.2) is 13.1 Å². The van der Waals surface area contributed by atoms with Crippen molar-refractivity contribution < 1.29 is 8.42 Å². The van der Waals surface area contributed by atoms with E-state index in [1.807, 2.05) is 12.1 Å². The molecule has 0 saturated heterocycles. The van der Waals surface area contributed by atoms with E-state index in [2.05, 4.69) is 27.5 Å². The van der Waals surface area contributed by atoms with Crippen LogP contribution in [-0.4, -0.2) is 34.3 Å². The highest BCUT2D eigenvalue weighted by Gasteiger charge is 2.17. The van der Waals surface area contributed by atoms with Crippen LogP contribution in [0.5, 0.6) is 0 Å². The Balaban J connectivity index is 1.93. The van der Waals surface area contributed by atoms with Crippen molar-refractivity contribution in [3.63, 3.8) is 0 Å². The zero-order chi connectivity index (χ0) is 13.7. The SMILES string of the molecule is CS(=O)(=O)NCCNC1CCNCc2ccccc21. The molecule has 0 aliphatic carbocycles. The fourth-order valence-electron chi connectivity index (χ4n) is 2.35. The molecule has 0 radical (unpaired) electrons. The molecule has 2 rings (SSSR count). The first-order valence-electron chi connectivity index (χ1n) is 6.53. The third kappa shape index (κ3) is 4.58. The van der Waals surface area contributed by atoms with E-state index in [1.165, 1.54) is 17.4 Å². The molecule has 0 fully saturated rings. The van der Waals surface area contributed by atoms with Gasteiger partial charge in [0.15, 0.2) is 0 Å². The van der Waals surface area contributed by atoms with E-state index in [9.17, 15) is 8.42 Å². The average molecular weight is 283 g/mol. The molecule has 0 bridgehead atoms. The van der Waals surface area contributed by atoms with E-state index in [0.717, 1.165) is 19.5 Å². The van der Waals surface area contributed by atoms with Crippen molar-refractivity contribution in [2.45, 2.75) is 19.0 Å². The summed E-state index contributed by atoms with van der Waals surface area (Å²) in [5.74, 6) is 0. The predicted octanol–water partition coefficient (Wildman–Crippen LogP) is 0.360. The maximum Gasteiger partial charge on any atom is 0.208 e. The van der Waals surface area contributed by atoms with Crippen LogP contribution >= 0.6 is 0 Å². The Morgan fingerprint density at radius 3 is 2.89 bits per heavy atom. The molecule has 0 saturated carbocycles. The van der Waals surface area contributed by atoms with Crippen LogP contribution < -0.4 is 15.4 Å². The topological polar surface area (TPSA) is 70.2 Å². The molecule has 1 atom stereocenters. The van der Waals surface area contributed by atoms with Crippen LogP contribution in [0.4, 0.5) is 0 Å². The highest BCUT2D eigenvalue weighted by Crippen LogP contribution is 2.22. The van der Waals surface area contributed by atoms with Gasteiger partial charge in [0.2, 0.25) is 10.0 Å². The van der Waals surface area contributed by atoms with Crippen molar-refractivity contribution in [1.82, 2.24) is 15.4 Å². The molecule has 19 heavy (non-hydrogen) atoms. The van der Waals surface area contributed by atoms with Crippen LogP contribution in [0, 0.1) is 0 Å². The van der Waals surface area contributed by atoms with E-state index in [-0.39, 0.29) is 6.04 Å². The van der Waals surface area contributed by atoms with Gasteiger partial charge in [-0.1, -0.05) is 24.3 Å². The van der Waals surface area contributed by atoms with E-state index in [4.69, 9.17) is 0 Å². The van der Waals surface area contributed by atoms with Crippen LogP contribution in [0.25, 0.3) is 0 Å². The lowest BCUT2D eigenvalue weighted by Crippen LogP contribution is -2.33. The van der Waals surface area contributed by atoms with Crippen molar-refractivity contribution in [1.29, 1.82) is 0 Å². The normalized spacial score (nSPS) is 19.7. The molecular weight excluding hydrogens is 262 g/mol. The standard InChI is InChI=1S/C13H21N3O2S/c1-19(17,18)16-9-8-15-13-6-7-14-10-11-4-2-3-5-12(11)13/h2-5,13-16H,6-10H2,1H3. The molecule has 1 aromatic carbocycles. The summed E-state index contributed by atoms with van der Waals surface area (Å²) in [4.78, 5) is 0. The van der Waals surface area contributed by atoms with Crippen LogP contribution in [0.1, 0.15) is 23.6 Å². The van der Waals surface area contributed by atoms with Gasteiger partial charge in [0.05, 0.1) is 6.26 Å². The number of hydrogen-bond acceptors (Lipinski definition) is 4. The smallest absolute Gasteiger partial charge is 0.208 e. The van der Waals surface area contributed by atoms with Gasteiger partial charge in [-0.2, -0.15) is 0 Å². The lowest BCUT2D eigenvalue weighted by atomic mass is 9.99. The summed E-state index contributed by atoms with van der Waals surface area (Å²) >= 11 is 0. The number of rotatable bonds is 5. The summed E-state index contributed by atoms with van der Waals surface area (Å²) in [5.41, 5.74) is 2.63. The minimum Gasteiger partial charge on any atom is -0.313 e. The maximum absolute atomic E-state index is 11.0. The van der Waals surface area contributed by atoms with Crippen molar-refractivity contribution in [3.8, 4) is 0 Å². The van der Waals surface area contributed by atoms with Crippen molar-refractivity contribution in [2.24, 2.45) is 0 Å². The number of nitrogens with one attached hydrogen (secondary N) is 3. The summed E-state index contributed by atoms with van der Waals surface area (Å²) in [6, 6.07) is 8.66. The molecule has 1 heterocycles. The summed E-state index contributed by atoms with van der Waals surface area (Å²) in [6.07, 6.45) is 2.19. The number of fused-ring (bicyclic) bond motifs is 1. The molecule has 6 heteroatoms. The van der Waals surface area contributed by atoms with E-state index >= 15 is 0 Å². The van der Waals surface area contributed by atoms with Crippen LogP contribution in [0.3, 0.4) is 0 Å². The third-order valence-corrected chi connectivity index (χ3v) is 3.96. The first kappa shape index (κ1) is 14.5. The summed E-state index contributed by atoms with van der Waals surface area (Å²) in [7, 11) is -3.10. The monoisotopic (exact) mass is 283 g/mol. The second-order valence-electron chi connectivity index (χ2n) is 4.84. The lowest BCUT2D eigenvalue weighted by Gasteiger charge is -2.19. The van der Waals surface area contributed by atoms with E-state index in [1.54, 1.807) is 0 Å². The number of sulfonamides is 1. The molecule has 5 nitrogen and oxygen atoms in total. The Labute approximate surface area is 114 Å². The fourth-order valence-corrected chi connectivity index (χ4v) is 2.83. The summed E-state index contributed by atoms with van der Waals surface area (Å²) in [6.45, 7) is 2.92. The lowest BCUT2D eigenvalue weighted by molar-refractivity contribution is 0.496. The van der Waals surface area contributed by atoms with Gasteiger partial charge in [-0.3, -0.25) is 0 Å². The Hall–Kier alpha value is -0.950. The second-order valence-corrected chi connectivity index (χ2v) is 6.67. The molecule has 0 spiro atoms. The predicted molar refractivity (Wildman–Crippen MR) is 76.4 cm³/mol. The Morgan fingerprint density at radius 2 is 2.11 bits per heavy atom. The van der Waals surface area contributed by atoms with Gasteiger partial charge in [-0.15, -0.1) is 0 Å². The van der Waals surface area contributed by atoms with Crippen molar-refractivity contribution in [3.05, 3.63) is 35.4 Å². The zero-order valence-corrected chi connectivity index (χ0v) is 12.0. The average Bonchev–Trinajstić information content (AvgIpc) is 2.56. The molecular formula is C13H21N3O2S. The van der Waals surface area contributed by atoms with Crippen LogP contribution in [0.2, 0.25) is 0 Å². The largest absolute Gasteiger partial charge is 0.313 e. The summed E-state index contributed by atoms with van der Waals surface area (Å²) < 4.78 is 24.5. The van der Waals surface area contributed by atoms with E-state index in [0.29, 0.717) is 13.1 Å². The minimum absolute atomic E-state index is 0.285. The molecule has 1 aliphatic heterocycles. The molecule has 1 aliphatic rings.